The van der Waals surface area contributed by atoms with Crippen molar-refractivity contribution >= 4 is 15.1 Å². The van der Waals surface area contributed by atoms with Crippen LogP contribution in [0.15, 0.2) is 0 Å². The first-order valence-electron chi connectivity index (χ1n) is 2.19. The van der Waals surface area contributed by atoms with Crippen molar-refractivity contribution in [3.05, 3.63) is 0 Å². The molecule has 10 heavy (non-hydrogen) atoms. The molecule has 0 unspecified atom stereocenters. The predicted molar refractivity (Wildman–Crippen MR) is 28.4 cm³/mol. The summed E-state index contributed by atoms with van der Waals surface area (Å²) in [6, 6.07) is 0. The summed E-state index contributed by atoms with van der Waals surface area (Å²) in [5, 5.41) is 7.85. The van der Waals surface area contributed by atoms with Crippen LogP contribution in [0.3, 0.4) is 0 Å². The molecule has 0 bridgehead atoms. The molecular weight excluding hydrogens is 158 g/mol. The molecule has 1 aliphatic heterocycles. The molecule has 0 amide bonds. The second kappa shape index (κ2) is 2.21. The zero-order valence-corrected chi connectivity index (χ0v) is 5.77. The summed E-state index contributed by atoms with van der Waals surface area (Å²) in [4.78, 5) is 0. The number of nitrogens with two attached hydrogens (primary N) is 2. The Kier molecular flexibility index (Phi) is 1.53. The largest absolute Gasteiger partial charge is 0.823 e. The van der Waals surface area contributed by atoms with Crippen molar-refractivity contribution < 1.29 is 13.5 Å². The van der Waals surface area contributed by atoms with Crippen LogP contribution < -0.4 is 11.7 Å². The van der Waals surface area contributed by atoms with Crippen molar-refractivity contribution in [1.29, 1.82) is 5.41 Å². The van der Waals surface area contributed by atoms with E-state index in [9.17, 15) is 4.46 Å². The van der Waals surface area contributed by atoms with Crippen LogP contribution in [0.25, 0.3) is 0 Å². The van der Waals surface area contributed by atoms with E-state index >= 15 is 0 Å². The lowest BCUT2D eigenvalue weighted by Crippen LogP contribution is -2.57. The molecule has 8 nitrogen and oxygen atoms in total. The van der Waals surface area contributed by atoms with Crippen LogP contribution in [0.4, 0.5) is 0 Å². The van der Waals surface area contributed by atoms with Crippen molar-refractivity contribution in [2.75, 3.05) is 0 Å². The summed E-state index contributed by atoms with van der Waals surface area (Å²) in [7, 11) is -2.71. The minimum absolute atomic E-state index is 0.426. The number of nitrogens with one attached hydrogen (secondary N) is 1. The highest BCUT2D eigenvalue weighted by molar-refractivity contribution is 6.26. The highest BCUT2D eigenvalue weighted by Crippen LogP contribution is 1.97. The SMILES string of the molecule is N=C1N(N)O[Si](=O)ON1N. The molecular formula is CH5N5O3Si. The van der Waals surface area contributed by atoms with Gasteiger partial charge in [-0.1, -0.05) is 0 Å². The van der Waals surface area contributed by atoms with E-state index < -0.39 is 15.1 Å². The lowest BCUT2D eigenvalue weighted by atomic mass is 11.0. The zero-order valence-electron chi connectivity index (χ0n) is 4.77. The van der Waals surface area contributed by atoms with Crippen LogP contribution in [0.5, 0.6) is 0 Å². The van der Waals surface area contributed by atoms with Gasteiger partial charge in [0.05, 0.1) is 0 Å². The van der Waals surface area contributed by atoms with Crippen LogP contribution in [0.1, 0.15) is 0 Å². The van der Waals surface area contributed by atoms with Gasteiger partial charge in [0.25, 0.3) is 5.96 Å². The molecule has 5 N–H and O–H groups in total. The van der Waals surface area contributed by atoms with Crippen molar-refractivity contribution in [3.63, 3.8) is 0 Å². The van der Waals surface area contributed by atoms with Crippen LogP contribution in [0, 0.1) is 5.41 Å². The predicted octanol–water partition coefficient (Wildman–Crippen LogP) is -2.44. The Morgan fingerprint density at radius 3 is 2.20 bits per heavy atom. The molecule has 0 aliphatic carbocycles. The zero-order chi connectivity index (χ0) is 7.72. The van der Waals surface area contributed by atoms with Gasteiger partial charge >= 0.3 is 9.17 Å². The maximum absolute atomic E-state index is 10.4. The first-order valence-corrected chi connectivity index (χ1v) is 3.42. The average Bonchev–Trinajstić information content (AvgIpc) is 1.82. The summed E-state index contributed by atoms with van der Waals surface area (Å²) < 4.78 is 18.9. The van der Waals surface area contributed by atoms with Crippen LogP contribution >= 0.6 is 0 Å². The Labute approximate surface area is 57.1 Å². The van der Waals surface area contributed by atoms with Gasteiger partial charge in [0, 0.05) is 0 Å². The standard InChI is InChI=1S/CH5N5O3Si/c2-1-5(3)8-10(7)9-6(1)4/h2H,3-4H2. The van der Waals surface area contributed by atoms with E-state index in [1.54, 1.807) is 0 Å². The minimum atomic E-state index is -2.71. The highest BCUT2D eigenvalue weighted by Gasteiger charge is 2.31. The Bertz CT molecular complexity index is 166. The maximum Gasteiger partial charge on any atom is 0.823 e. The summed E-state index contributed by atoms with van der Waals surface area (Å²) >= 11 is 0. The molecule has 1 fully saturated rings. The minimum Gasteiger partial charge on any atom is -0.353 e. The topological polar surface area (TPSA) is 118 Å². The third-order valence-corrected chi connectivity index (χ3v) is 1.45. The molecule has 1 heterocycles. The Hall–Kier alpha value is -1.19. The van der Waals surface area contributed by atoms with Gasteiger partial charge in [-0.15, -0.1) is 10.3 Å². The number of nitrogens with zero attached hydrogens (tertiary/aromatic N) is 2. The Morgan fingerprint density at radius 2 is 1.80 bits per heavy atom. The number of rotatable bonds is 0. The molecule has 0 aromatic heterocycles. The maximum atomic E-state index is 10.4. The number of hydrogen-bond donors (Lipinski definition) is 3. The summed E-state index contributed by atoms with van der Waals surface area (Å²) in [6.07, 6.45) is 0. The van der Waals surface area contributed by atoms with E-state index in [4.69, 9.17) is 17.1 Å². The lowest BCUT2D eigenvalue weighted by molar-refractivity contribution is -0.149. The van der Waals surface area contributed by atoms with Crippen molar-refractivity contribution in [2.45, 2.75) is 0 Å². The number of hydroxylamine groups is 2. The number of guanidine groups is 1. The van der Waals surface area contributed by atoms with E-state index in [0.717, 1.165) is 0 Å². The molecule has 1 aliphatic rings. The van der Waals surface area contributed by atoms with E-state index in [2.05, 4.69) is 9.05 Å². The fourth-order valence-electron chi connectivity index (χ4n) is 0.361. The van der Waals surface area contributed by atoms with E-state index in [1.165, 1.54) is 0 Å². The van der Waals surface area contributed by atoms with E-state index in [1.807, 2.05) is 0 Å². The Balaban J connectivity index is 2.66. The third-order valence-electron chi connectivity index (χ3n) is 0.763. The van der Waals surface area contributed by atoms with Crippen LogP contribution in [-0.4, -0.2) is 25.5 Å². The summed E-state index contributed by atoms with van der Waals surface area (Å²) in [6.45, 7) is 0. The van der Waals surface area contributed by atoms with Gasteiger partial charge in [-0.05, 0) is 0 Å². The van der Waals surface area contributed by atoms with E-state index in [0.29, 0.717) is 10.3 Å². The molecule has 1 saturated heterocycles. The fraction of sp³-hybridized carbons (Fsp3) is 0. The molecule has 0 spiro atoms. The first kappa shape index (κ1) is 6.92. The second-order valence-corrected chi connectivity index (χ2v) is 2.27. The number of hydrogen-bond acceptors (Lipinski definition) is 6. The van der Waals surface area contributed by atoms with Gasteiger partial charge in [-0.3, -0.25) is 9.87 Å². The molecule has 1 rings (SSSR count). The third kappa shape index (κ3) is 1.05. The van der Waals surface area contributed by atoms with Gasteiger partial charge < -0.3 is 9.05 Å². The van der Waals surface area contributed by atoms with Crippen molar-refractivity contribution in [2.24, 2.45) is 11.7 Å². The second-order valence-electron chi connectivity index (χ2n) is 1.41. The van der Waals surface area contributed by atoms with Gasteiger partial charge in [0.15, 0.2) is 0 Å². The normalized spacial score (nSPS) is 18.6. The molecule has 0 radical (unpaired) electrons. The molecule has 0 atom stereocenters. The van der Waals surface area contributed by atoms with Gasteiger partial charge in [-0.2, -0.15) is 0 Å². The molecule has 0 aromatic rings. The van der Waals surface area contributed by atoms with Crippen molar-refractivity contribution in [1.82, 2.24) is 10.3 Å². The first-order chi connectivity index (χ1) is 4.61. The molecule has 9 heteroatoms. The Morgan fingerprint density at radius 1 is 1.40 bits per heavy atom. The number of hydrazine groups is 2. The smallest absolute Gasteiger partial charge is 0.353 e. The molecule has 0 saturated carbocycles. The lowest BCUT2D eigenvalue weighted by Gasteiger charge is -2.27. The summed E-state index contributed by atoms with van der Waals surface area (Å²) in [5.74, 6) is 9.51. The fourth-order valence-corrected chi connectivity index (χ4v) is 0.888. The molecule has 56 valence electrons. The quantitative estimate of drug-likeness (QED) is 0.268. The summed E-state index contributed by atoms with van der Waals surface area (Å²) in [5.41, 5.74) is 0. The average molecular weight is 163 g/mol. The van der Waals surface area contributed by atoms with Gasteiger partial charge in [-0.25, -0.2) is 11.7 Å². The van der Waals surface area contributed by atoms with Gasteiger partial charge in [0.1, 0.15) is 0 Å². The van der Waals surface area contributed by atoms with Crippen LogP contribution in [0.2, 0.25) is 0 Å². The molecule has 0 aromatic carbocycles. The van der Waals surface area contributed by atoms with Crippen molar-refractivity contribution in [3.8, 4) is 0 Å². The van der Waals surface area contributed by atoms with Crippen LogP contribution in [-0.2, 0) is 13.5 Å². The van der Waals surface area contributed by atoms with Gasteiger partial charge in [0.2, 0.25) is 0 Å². The highest BCUT2D eigenvalue weighted by atomic mass is 28.3. The monoisotopic (exact) mass is 163 g/mol. The van der Waals surface area contributed by atoms with E-state index in [-0.39, 0.29) is 0 Å².